The molecule has 0 heterocycles. The van der Waals surface area contributed by atoms with E-state index in [0.717, 1.165) is 33.7 Å². The molecule has 0 aliphatic carbocycles. The van der Waals surface area contributed by atoms with Gasteiger partial charge in [-0.15, -0.1) is 0 Å². The van der Waals surface area contributed by atoms with Crippen LogP contribution < -0.4 is 17.5 Å². The van der Waals surface area contributed by atoms with Crippen molar-refractivity contribution in [1.82, 2.24) is 0 Å². The fraction of sp³-hybridized carbons (Fsp3) is 0.333. The van der Waals surface area contributed by atoms with Gasteiger partial charge in [-0.3, -0.25) is 0 Å². The van der Waals surface area contributed by atoms with Crippen molar-refractivity contribution in [2.75, 3.05) is 21.3 Å². The van der Waals surface area contributed by atoms with Crippen LogP contribution in [0.2, 0.25) is 0 Å². The first-order valence-corrected chi connectivity index (χ1v) is 5.46. The fourth-order valence-electron chi connectivity index (χ4n) is 1.09. The van der Waals surface area contributed by atoms with E-state index < -0.39 is 0 Å². The maximum absolute atomic E-state index is 5.23. The van der Waals surface area contributed by atoms with E-state index in [9.17, 15) is 0 Å². The van der Waals surface area contributed by atoms with Gasteiger partial charge in [0.05, 0.1) is 0 Å². The summed E-state index contributed by atoms with van der Waals surface area (Å²) in [5.41, 5.74) is 0. The Morgan fingerprint density at radius 2 is 1.54 bits per heavy atom. The van der Waals surface area contributed by atoms with E-state index in [-0.39, 0.29) is 0 Å². The molecule has 2 radical (unpaired) electrons. The zero-order valence-corrected chi connectivity index (χ0v) is 11.3. The van der Waals surface area contributed by atoms with Gasteiger partial charge in [0, 0.05) is 0 Å². The molecule has 0 bridgehead atoms. The first-order valence-electron chi connectivity index (χ1n) is 3.72. The van der Waals surface area contributed by atoms with E-state index in [4.69, 9.17) is 14.2 Å². The van der Waals surface area contributed by atoms with Crippen LogP contribution in [0.1, 0.15) is 0 Å². The van der Waals surface area contributed by atoms with Gasteiger partial charge in [0.2, 0.25) is 0 Å². The summed E-state index contributed by atoms with van der Waals surface area (Å²) < 4.78 is 16.7. The maximum atomic E-state index is 5.23. The van der Waals surface area contributed by atoms with Crippen LogP contribution in [-0.4, -0.2) is 46.0 Å². The van der Waals surface area contributed by atoms with Gasteiger partial charge in [0.1, 0.15) is 0 Å². The Labute approximate surface area is 92.8 Å². The molecule has 13 heavy (non-hydrogen) atoms. The van der Waals surface area contributed by atoms with Gasteiger partial charge in [-0.2, -0.15) is 0 Å². The standard InChI is InChI=1S/C9H11O3.Bi/c1-10-7-5-4-6-8(11-2)9(7)12-3;/h4-5H,1-3H3;. The molecule has 0 atom stereocenters. The molecule has 0 fully saturated rings. The third-order valence-corrected chi connectivity index (χ3v) is 3.05. The molecule has 1 aromatic carbocycles. The summed E-state index contributed by atoms with van der Waals surface area (Å²) in [5, 5.41) is 0. The zero-order chi connectivity index (χ0) is 9.84. The third kappa shape index (κ3) is 2.05. The van der Waals surface area contributed by atoms with E-state index in [1.165, 1.54) is 0 Å². The van der Waals surface area contributed by atoms with Crippen LogP contribution in [0.4, 0.5) is 0 Å². The number of methoxy groups -OCH3 is 3. The summed E-state index contributed by atoms with van der Waals surface area (Å²) >= 11 is 1.13. The molecule has 0 N–H and O–H groups in total. The normalized spacial score (nSPS) is 9.54. The van der Waals surface area contributed by atoms with Crippen LogP contribution in [0.25, 0.3) is 0 Å². The second kappa shape index (κ2) is 4.66. The summed E-state index contributed by atoms with van der Waals surface area (Å²) in [6, 6.07) is 3.87. The Morgan fingerprint density at radius 3 is 2.00 bits per heavy atom. The Morgan fingerprint density at radius 1 is 0.923 bits per heavy atom. The van der Waals surface area contributed by atoms with Crippen molar-refractivity contribution < 1.29 is 14.2 Å². The monoisotopic (exact) mass is 376 g/mol. The SMILES string of the molecule is COc1cc[c]([Bi])c(OC)c1OC. The zero-order valence-electron chi connectivity index (χ0n) is 7.83. The van der Waals surface area contributed by atoms with Crippen LogP contribution in [0.15, 0.2) is 12.1 Å². The molecule has 0 saturated heterocycles. The van der Waals surface area contributed by atoms with E-state index in [2.05, 4.69) is 0 Å². The van der Waals surface area contributed by atoms with Gasteiger partial charge in [-0.1, -0.05) is 0 Å². The second-order valence-electron chi connectivity index (χ2n) is 2.35. The molecule has 0 spiro atoms. The minimum atomic E-state index is 0.671. The fourth-order valence-corrected chi connectivity index (χ4v) is 2.12. The summed E-state index contributed by atoms with van der Waals surface area (Å²) in [5.74, 6) is 2.15. The van der Waals surface area contributed by atoms with Crippen LogP contribution >= 0.6 is 0 Å². The van der Waals surface area contributed by atoms with Crippen molar-refractivity contribution in [2.24, 2.45) is 0 Å². The molecular formula is C9H11BiO3. The quantitative estimate of drug-likeness (QED) is 0.720. The summed E-state index contributed by atoms with van der Waals surface area (Å²) in [4.78, 5) is 0. The third-order valence-electron chi connectivity index (χ3n) is 1.68. The van der Waals surface area contributed by atoms with E-state index in [0.29, 0.717) is 11.5 Å². The number of hydrogen-bond donors (Lipinski definition) is 0. The topological polar surface area (TPSA) is 27.7 Å². The van der Waals surface area contributed by atoms with Crippen LogP contribution in [0.3, 0.4) is 0 Å². The van der Waals surface area contributed by atoms with Gasteiger partial charge in [-0.05, 0) is 0 Å². The van der Waals surface area contributed by atoms with Gasteiger partial charge in [-0.25, -0.2) is 0 Å². The molecule has 70 valence electrons. The van der Waals surface area contributed by atoms with Crippen molar-refractivity contribution in [3.8, 4) is 17.2 Å². The first-order chi connectivity index (χ1) is 6.24. The van der Waals surface area contributed by atoms with E-state index in [1.807, 2.05) is 12.1 Å². The number of ether oxygens (including phenoxy) is 3. The molecule has 0 unspecified atom stereocenters. The van der Waals surface area contributed by atoms with Crippen molar-refractivity contribution in [1.29, 1.82) is 0 Å². The van der Waals surface area contributed by atoms with Crippen LogP contribution in [-0.2, 0) is 0 Å². The van der Waals surface area contributed by atoms with Crippen LogP contribution in [0, 0.1) is 0 Å². The molecular weight excluding hydrogens is 365 g/mol. The molecule has 1 aromatic rings. The molecule has 1 rings (SSSR count). The van der Waals surface area contributed by atoms with E-state index in [1.54, 1.807) is 21.3 Å². The molecule has 4 heteroatoms. The van der Waals surface area contributed by atoms with Crippen molar-refractivity contribution >= 4 is 28.0 Å². The first kappa shape index (κ1) is 10.6. The van der Waals surface area contributed by atoms with Crippen molar-refractivity contribution in [2.45, 2.75) is 0 Å². The Kier molecular flexibility index (Phi) is 3.79. The van der Waals surface area contributed by atoms with Gasteiger partial charge in [0.25, 0.3) is 0 Å². The predicted molar refractivity (Wildman–Crippen MR) is 51.5 cm³/mol. The summed E-state index contributed by atoms with van der Waals surface area (Å²) in [6.45, 7) is 0. The molecule has 3 nitrogen and oxygen atoms in total. The Balaban J connectivity index is 3.27. The number of benzene rings is 1. The van der Waals surface area contributed by atoms with Crippen LogP contribution in [0.5, 0.6) is 17.2 Å². The van der Waals surface area contributed by atoms with Gasteiger partial charge >= 0.3 is 92.9 Å². The molecule has 0 saturated carbocycles. The van der Waals surface area contributed by atoms with Gasteiger partial charge < -0.3 is 0 Å². The van der Waals surface area contributed by atoms with Crippen molar-refractivity contribution in [3.63, 3.8) is 0 Å². The molecule has 0 aliphatic heterocycles. The molecule has 0 aliphatic rings. The van der Waals surface area contributed by atoms with Gasteiger partial charge in [0.15, 0.2) is 0 Å². The van der Waals surface area contributed by atoms with E-state index >= 15 is 0 Å². The summed E-state index contributed by atoms with van der Waals surface area (Å²) in [7, 11) is 4.86. The predicted octanol–water partition coefficient (Wildman–Crippen LogP) is 0.506. The molecule has 0 aromatic heterocycles. The molecule has 0 amide bonds. The Bertz CT molecular complexity index is 299. The average molecular weight is 376 g/mol. The average Bonchev–Trinajstić information content (AvgIpc) is 2.17. The number of hydrogen-bond acceptors (Lipinski definition) is 3. The minimum absolute atomic E-state index is 0.671. The second-order valence-corrected chi connectivity index (χ2v) is 4.23. The van der Waals surface area contributed by atoms with Crippen molar-refractivity contribution in [3.05, 3.63) is 12.1 Å². The Hall–Kier alpha value is -0.497. The number of rotatable bonds is 3. The summed E-state index contributed by atoms with van der Waals surface area (Å²) in [6.07, 6.45) is 0.